The van der Waals surface area contributed by atoms with E-state index in [1.54, 1.807) is 12.1 Å². The average molecular weight is 270 g/mol. The second kappa shape index (κ2) is 5.59. The molecule has 1 heterocycles. The van der Waals surface area contributed by atoms with Crippen LogP contribution in [0.2, 0.25) is 0 Å². The van der Waals surface area contributed by atoms with E-state index in [1.807, 2.05) is 12.1 Å². The summed E-state index contributed by atoms with van der Waals surface area (Å²) in [6.45, 7) is 1.38. The van der Waals surface area contributed by atoms with Crippen LogP contribution >= 0.6 is 11.6 Å². The molecule has 1 N–H and O–H groups in total. The number of hydrogen-bond donors (Lipinski definition) is 1. The van der Waals surface area contributed by atoms with Crippen molar-refractivity contribution in [3.05, 3.63) is 29.8 Å². The van der Waals surface area contributed by atoms with E-state index in [2.05, 4.69) is 9.64 Å². The topological polar surface area (TPSA) is 49.8 Å². The lowest BCUT2D eigenvalue weighted by Gasteiger charge is -2.34. The van der Waals surface area contributed by atoms with Gasteiger partial charge in [-0.1, -0.05) is 0 Å². The van der Waals surface area contributed by atoms with E-state index in [4.69, 9.17) is 11.6 Å². The fourth-order valence-corrected chi connectivity index (χ4v) is 2.35. The predicted octanol–water partition coefficient (Wildman–Crippen LogP) is 1.65. The molecule has 5 heteroatoms. The third-order valence-corrected chi connectivity index (χ3v) is 3.59. The molecule has 1 aliphatic rings. The third-order valence-electron chi connectivity index (χ3n) is 3.16. The molecule has 0 spiro atoms. The zero-order valence-electron chi connectivity index (χ0n) is 10.2. The minimum atomic E-state index is -0.433. The van der Waals surface area contributed by atoms with Crippen molar-refractivity contribution >= 4 is 23.3 Å². The molecule has 1 fully saturated rings. The molecule has 0 aliphatic carbocycles. The molecule has 2 unspecified atom stereocenters. The molecule has 18 heavy (non-hydrogen) atoms. The van der Waals surface area contributed by atoms with E-state index < -0.39 is 6.10 Å². The van der Waals surface area contributed by atoms with Crippen molar-refractivity contribution in [3.8, 4) is 0 Å². The van der Waals surface area contributed by atoms with Crippen LogP contribution in [-0.2, 0) is 4.74 Å². The van der Waals surface area contributed by atoms with Crippen molar-refractivity contribution in [3.63, 3.8) is 0 Å². The molecular formula is C13H16ClNO3. The van der Waals surface area contributed by atoms with Crippen molar-refractivity contribution in [2.45, 2.75) is 17.9 Å². The number of anilines is 1. The number of aliphatic hydroxyl groups excluding tert-OH is 1. The summed E-state index contributed by atoms with van der Waals surface area (Å²) in [6.07, 6.45) is 0.227. The van der Waals surface area contributed by atoms with Gasteiger partial charge in [-0.3, -0.25) is 0 Å². The molecule has 0 saturated carbocycles. The van der Waals surface area contributed by atoms with E-state index in [9.17, 15) is 9.90 Å². The molecule has 1 aliphatic heterocycles. The van der Waals surface area contributed by atoms with E-state index in [-0.39, 0.29) is 11.3 Å². The number of benzene rings is 1. The molecule has 2 atom stereocenters. The first-order valence-corrected chi connectivity index (χ1v) is 6.31. The van der Waals surface area contributed by atoms with Crippen LogP contribution < -0.4 is 4.90 Å². The standard InChI is InChI=1S/C13H16ClNO3/c1-18-13(17)9-2-4-10(5-3-9)15-7-6-12(16)11(14)8-15/h2-5,11-12,16H,6-8H2,1H3. The van der Waals surface area contributed by atoms with Gasteiger partial charge in [0, 0.05) is 18.8 Å². The minimum Gasteiger partial charge on any atom is -0.465 e. The molecule has 1 aromatic rings. The molecule has 98 valence electrons. The Hall–Kier alpha value is -1.26. The number of hydrogen-bond acceptors (Lipinski definition) is 4. The molecule has 1 aromatic carbocycles. The van der Waals surface area contributed by atoms with Gasteiger partial charge >= 0.3 is 5.97 Å². The zero-order valence-corrected chi connectivity index (χ0v) is 10.9. The van der Waals surface area contributed by atoms with Crippen molar-refractivity contribution in [2.75, 3.05) is 25.1 Å². The molecule has 0 amide bonds. The number of piperidine rings is 1. The highest BCUT2D eigenvalue weighted by atomic mass is 35.5. The summed E-state index contributed by atoms with van der Waals surface area (Å²) >= 11 is 6.05. The first kappa shape index (κ1) is 13.2. The molecule has 4 nitrogen and oxygen atoms in total. The molecule has 0 aromatic heterocycles. The first-order valence-electron chi connectivity index (χ1n) is 5.87. The Balaban J connectivity index is 2.08. The fraction of sp³-hybridized carbons (Fsp3) is 0.462. The molecule has 0 radical (unpaired) electrons. The van der Waals surface area contributed by atoms with E-state index >= 15 is 0 Å². The molecular weight excluding hydrogens is 254 g/mol. The second-order valence-corrected chi connectivity index (χ2v) is 4.92. The summed E-state index contributed by atoms with van der Waals surface area (Å²) in [5, 5.41) is 9.32. The average Bonchev–Trinajstić information content (AvgIpc) is 2.41. The van der Waals surface area contributed by atoms with Crippen LogP contribution in [-0.4, -0.2) is 42.8 Å². The molecule has 1 saturated heterocycles. The fourth-order valence-electron chi connectivity index (χ4n) is 2.05. The Kier molecular flexibility index (Phi) is 4.09. The Morgan fingerprint density at radius 1 is 1.44 bits per heavy atom. The Morgan fingerprint density at radius 2 is 2.11 bits per heavy atom. The van der Waals surface area contributed by atoms with Crippen molar-refractivity contribution in [2.24, 2.45) is 0 Å². The van der Waals surface area contributed by atoms with Gasteiger partial charge in [-0.2, -0.15) is 0 Å². The highest BCUT2D eigenvalue weighted by Crippen LogP contribution is 2.23. The van der Waals surface area contributed by atoms with Gasteiger partial charge in [0.15, 0.2) is 0 Å². The van der Waals surface area contributed by atoms with Gasteiger partial charge in [0.05, 0.1) is 24.2 Å². The van der Waals surface area contributed by atoms with Gasteiger partial charge in [0.2, 0.25) is 0 Å². The normalized spacial score (nSPS) is 23.8. The summed E-state index contributed by atoms with van der Waals surface area (Å²) in [7, 11) is 1.36. The lowest BCUT2D eigenvalue weighted by Crippen LogP contribution is -2.44. The quantitative estimate of drug-likeness (QED) is 0.655. The zero-order chi connectivity index (χ0) is 13.1. The number of esters is 1. The third kappa shape index (κ3) is 2.76. The largest absolute Gasteiger partial charge is 0.465 e. The van der Waals surface area contributed by atoms with E-state index in [0.29, 0.717) is 18.5 Å². The molecule has 0 bridgehead atoms. The minimum absolute atomic E-state index is 0.251. The smallest absolute Gasteiger partial charge is 0.337 e. The number of carbonyl (C=O) groups excluding carboxylic acids is 1. The summed E-state index contributed by atoms with van der Waals surface area (Å²) in [5.41, 5.74) is 1.53. The summed E-state index contributed by atoms with van der Waals surface area (Å²) in [4.78, 5) is 13.4. The van der Waals surface area contributed by atoms with Crippen molar-refractivity contribution in [1.29, 1.82) is 0 Å². The summed E-state index contributed by atoms with van der Waals surface area (Å²) < 4.78 is 4.65. The van der Waals surface area contributed by atoms with Crippen LogP contribution in [0, 0.1) is 0 Å². The number of methoxy groups -OCH3 is 1. The van der Waals surface area contributed by atoms with Gasteiger partial charge in [-0.15, -0.1) is 11.6 Å². The maximum absolute atomic E-state index is 11.3. The van der Waals surface area contributed by atoms with Gasteiger partial charge < -0.3 is 14.7 Å². The van der Waals surface area contributed by atoms with E-state index in [1.165, 1.54) is 7.11 Å². The number of ether oxygens (including phenoxy) is 1. The summed E-state index contributed by atoms with van der Waals surface area (Å²) in [6, 6.07) is 7.20. The number of alkyl halides is 1. The maximum Gasteiger partial charge on any atom is 0.337 e. The number of aliphatic hydroxyl groups is 1. The lowest BCUT2D eigenvalue weighted by atomic mass is 10.1. The maximum atomic E-state index is 11.3. The number of halogens is 1. The molecule has 2 rings (SSSR count). The Bertz CT molecular complexity index is 421. The Labute approximate surface area is 111 Å². The van der Waals surface area contributed by atoms with Crippen molar-refractivity contribution < 1.29 is 14.6 Å². The lowest BCUT2D eigenvalue weighted by molar-refractivity contribution is 0.0601. The number of nitrogens with zero attached hydrogens (tertiary/aromatic N) is 1. The second-order valence-electron chi connectivity index (χ2n) is 4.36. The van der Waals surface area contributed by atoms with Crippen LogP contribution in [0.25, 0.3) is 0 Å². The first-order chi connectivity index (χ1) is 8.61. The highest BCUT2D eigenvalue weighted by Gasteiger charge is 2.26. The monoisotopic (exact) mass is 269 g/mol. The highest BCUT2D eigenvalue weighted by molar-refractivity contribution is 6.21. The van der Waals surface area contributed by atoms with Gasteiger partial charge in [0.25, 0.3) is 0 Å². The van der Waals surface area contributed by atoms with Crippen LogP contribution in [0.4, 0.5) is 5.69 Å². The van der Waals surface area contributed by atoms with Crippen LogP contribution in [0.1, 0.15) is 16.8 Å². The van der Waals surface area contributed by atoms with Crippen molar-refractivity contribution in [1.82, 2.24) is 0 Å². The summed E-state index contributed by atoms with van der Waals surface area (Å²) in [5.74, 6) is -0.342. The van der Waals surface area contributed by atoms with Crippen LogP contribution in [0.15, 0.2) is 24.3 Å². The number of carbonyl (C=O) groups is 1. The SMILES string of the molecule is COC(=O)c1ccc(N2CCC(O)C(Cl)C2)cc1. The van der Waals surface area contributed by atoms with Gasteiger partial charge in [0.1, 0.15) is 0 Å². The Morgan fingerprint density at radius 3 is 2.67 bits per heavy atom. The number of rotatable bonds is 2. The van der Waals surface area contributed by atoms with E-state index in [0.717, 1.165) is 12.2 Å². The van der Waals surface area contributed by atoms with Gasteiger partial charge in [-0.05, 0) is 30.7 Å². The van der Waals surface area contributed by atoms with Gasteiger partial charge in [-0.25, -0.2) is 4.79 Å². The van der Waals surface area contributed by atoms with Crippen LogP contribution in [0.3, 0.4) is 0 Å². The van der Waals surface area contributed by atoms with Crippen LogP contribution in [0.5, 0.6) is 0 Å². The predicted molar refractivity (Wildman–Crippen MR) is 70.3 cm³/mol.